The van der Waals surface area contributed by atoms with Crippen LogP contribution >= 0.6 is 0 Å². The molecule has 0 saturated heterocycles. The van der Waals surface area contributed by atoms with E-state index in [2.05, 4.69) is 0 Å². The van der Waals surface area contributed by atoms with Crippen LogP contribution in [0.4, 0.5) is 22.0 Å². The molecule has 1 nitrogen and oxygen atoms in total. The molecule has 0 aromatic heterocycles. The van der Waals surface area contributed by atoms with Crippen molar-refractivity contribution in [2.75, 3.05) is 0 Å². The van der Waals surface area contributed by atoms with Gasteiger partial charge in [-0.25, -0.2) is 0 Å². The molecule has 2 rings (SSSR count). The van der Waals surface area contributed by atoms with Gasteiger partial charge in [0.2, 0.25) is 0 Å². The van der Waals surface area contributed by atoms with Crippen molar-refractivity contribution >= 4 is 0 Å². The molecule has 0 spiro atoms. The Morgan fingerprint density at radius 1 is 1.00 bits per heavy atom. The zero-order chi connectivity index (χ0) is 14.6. The van der Waals surface area contributed by atoms with Gasteiger partial charge in [-0.05, 0) is 11.0 Å². The van der Waals surface area contributed by atoms with Crippen molar-refractivity contribution < 1.29 is 22.0 Å². The van der Waals surface area contributed by atoms with Crippen molar-refractivity contribution in [2.45, 2.75) is 37.9 Å². The van der Waals surface area contributed by atoms with Crippen LogP contribution in [-0.4, -0.2) is 12.2 Å². The fraction of sp³-hybridized carbons (Fsp3) is 0.538. The van der Waals surface area contributed by atoms with Crippen molar-refractivity contribution in [2.24, 2.45) is 11.1 Å². The Hall–Kier alpha value is -1.17. The molecule has 0 unspecified atom stereocenters. The molecule has 0 radical (unpaired) electrons. The number of nitrogens with two attached hydrogens (primary N) is 1. The summed E-state index contributed by atoms with van der Waals surface area (Å²) in [7, 11) is 0. The van der Waals surface area contributed by atoms with Crippen LogP contribution in [0.2, 0.25) is 0 Å². The molecule has 1 aliphatic carbocycles. The van der Waals surface area contributed by atoms with Gasteiger partial charge in [0.15, 0.2) is 0 Å². The average Bonchev–Trinajstić information content (AvgIpc) is 2.77. The van der Waals surface area contributed by atoms with E-state index in [4.69, 9.17) is 5.73 Å². The Bertz CT molecular complexity index is 475. The van der Waals surface area contributed by atoms with Crippen LogP contribution in [0.5, 0.6) is 0 Å². The van der Waals surface area contributed by atoms with Crippen molar-refractivity contribution in [1.29, 1.82) is 0 Å². The van der Waals surface area contributed by atoms with E-state index in [1.165, 1.54) is 12.1 Å². The lowest BCUT2D eigenvalue weighted by molar-refractivity contribution is -0.289. The molecular weight excluding hydrogens is 265 g/mol. The number of benzene rings is 1. The van der Waals surface area contributed by atoms with Gasteiger partial charge in [-0.2, -0.15) is 22.0 Å². The number of hydrogen-bond acceptors (Lipinski definition) is 1. The quantitative estimate of drug-likeness (QED) is 0.819. The molecule has 106 valence electrons. The summed E-state index contributed by atoms with van der Waals surface area (Å²) in [5.74, 6) is -4.83. The van der Waals surface area contributed by atoms with Crippen LogP contribution in [0.1, 0.15) is 30.9 Å². The van der Waals surface area contributed by atoms with E-state index < -0.39 is 17.7 Å². The predicted octanol–water partition coefficient (Wildman–Crippen LogP) is 3.79. The first-order chi connectivity index (χ1) is 8.49. The highest BCUT2D eigenvalue weighted by atomic mass is 19.4. The number of hydrogen-bond donors (Lipinski definition) is 1. The van der Waals surface area contributed by atoms with Crippen LogP contribution in [0.15, 0.2) is 24.3 Å². The SMILES string of the molecule is CC1(C)[C@H](N)[C@H]1c1ccc(C(F)(F)C(F)(F)F)cc1. The molecule has 2 atom stereocenters. The topological polar surface area (TPSA) is 26.0 Å². The largest absolute Gasteiger partial charge is 0.458 e. The molecule has 0 amide bonds. The fourth-order valence-corrected chi connectivity index (χ4v) is 2.38. The van der Waals surface area contributed by atoms with Gasteiger partial charge in [0.25, 0.3) is 0 Å². The highest BCUT2D eigenvalue weighted by Crippen LogP contribution is 2.57. The lowest BCUT2D eigenvalue weighted by Crippen LogP contribution is -2.33. The summed E-state index contributed by atoms with van der Waals surface area (Å²) in [5.41, 5.74) is 5.34. The highest BCUT2D eigenvalue weighted by molar-refractivity contribution is 5.37. The maximum atomic E-state index is 13.1. The predicted molar refractivity (Wildman–Crippen MR) is 60.9 cm³/mol. The van der Waals surface area contributed by atoms with Crippen molar-refractivity contribution in [3.63, 3.8) is 0 Å². The van der Waals surface area contributed by atoms with Crippen LogP contribution in [0.25, 0.3) is 0 Å². The lowest BCUT2D eigenvalue weighted by atomic mass is 10.00. The summed E-state index contributed by atoms with van der Waals surface area (Å²) in [6.45, 7) is 3.86. The molecule has 1 aromatic rings. The van der Waals surface area contributed by atoms with Gasteiger partial charge >= 0.3 is 12.1 Å². The molecular formula is C13H14F5N. The van der Waals surface area contributed by atoms with Crippen LogP contribution < -0.4 is 5.73 Å². The summed E-state index contributed by atoms with van der Waals surface area (Å²) in [4.78, 5) is 0. The van der Waals surface area contributed by atoms with E-state index in [1.54, 1.807) is 0 Å². The Morgan fingerprint density at radius 2 is 1.42 bits per heavy atom. The van der Waals surface area contributed by atoms with Crippen molar-refractivity contribution in [1.82, 2.24) is 0 Å². The first-order valence-electron chi connectivity index (χ1n) is 5.80. The zero-order valence-electron chi connectivity index (χ0n) is 10.4. The van der Waals surface area contributed by atoms with E-state index in [0.29, 0.717) is 5.56 Å². The molecule has 19 heavy (non-hydrogen) atoms. The fourth-order valence-electron chi connectivity index (χ4n) is 2.38. The van der Waals surface area contributed by atoms with Gasteiger partial charge in [0, 0.05) is 17.5 Å². The maximum absolute atomic E-state index is 13.1. The number of halogens is 5. The lowest BCUT2D eigenvalue weighted by Gasteiger charge is -2.20. The molecule has 2 N–H and O–H groups in total. The molecule has 6 heteroatoms. The molecule has 0 aliphatic heterocycles. The minimum atomic E-state index is -5.58. The zero-order valence-corrected chi connectivity index (χ0v) is 10.4. The normalized spacial score (nSPS) is 26.3. The van der Waals surface area contributed by atoms with Crippen molar-refractivity contribution in [3.05, 3.63) is 35.4 Å². The van der Waals surface area contributed by atoms with Gasteiger partial charge in [-0.15, -0.1) is 0 Å². The first-order valence-corrected chi connectivity index (χ1v) is 5.80. The average molecular weight is 279 g/mol. The van der Waals surface area contributed by atoms with Crippen molar-refractivity contribution in [3.8, 4) is 0 Å². The van der Waals surface area contributed by atoms with E-state index in [0.717, 1.165) is 12.1 Å². The van der Waals surface area contributed by atoms with Crippen LogP contribution in [0.3, 0.4) is 0 Å². The van der Waals surface area contributed by atoms with Gasteiger partial charge < -0.3 is 5.73 Å². The van der Waals surface area contributed by atoms with Gasteiger partial charge in [0.1, 0.15) is 0 Å². The van der Waals surface area contributed by atoms with Crippen LogP contribution in [-0.2, 0) is 5.92 Å². The van der Waals surface area contributed by atoms with Gasteiger partial charge in [0.05, 0.1) is 0 Å². The molecule has 0 bridgehead atoms. The monoisotopic (exact) mass is 279 g/mol. The first kappa shape index (κ1) is 14.2. The summed E-state index contributed by atoms with van der Waals surface area (Å²) in [5, 5.41) is 0. The molecule has 1 fully saturated rings. The Kier molecular flexibility index (Phi) is 2.93. The number of rotatable bonds is 2. The Balaban J connectivity index is 2.26. The third kappa shape index (κ3) is 2.12. The Labute approximate surface area is 107 Å². The second kappa shape index (κ2) is 3.91. The minimum Gasteiger partial charge on any atom is -0.327 e. The summed E-state index contributed by atoms with van der Waals surface area (Å²) >= 11 is 0. The van der Waals surface area contributed by atoms with Gasteiger partial charge in [-0.3, -0.25) is 0 Å². The molecule has 1 aliphatic rings. The standard InChI is InChI=1S/C13H14F5N/c1-11(2)9(10(11)19)7-3-5-8(6-4-7)12(14,15)13(16,17)18/h3-6,9-10H,19H2,1-2H3/t9-,10-/m1/s1. The maximum Gasteiger partial charge on any atom is 0.458 e. The highest BCUT2D eigenvalue weighted by Gasteiger charge is 2.59. The minimum absolute atomic E-state index is 0.000981. The van der Waals surface area contributed by atoms with E-state index >= 15 is 0 Å². The van der Waals surface area contributed by atoms with E-state index in [1.807, 2.05) is 13.8 Å². The smallest absolute Gasteiger partial charge is 0.327 e. The molecule has 1 saturated carbocycles. The summed E-state index contributed by atoms with van der Waals surface area (Å²) < 4.78 is 62.8. The second-order valence-corrected chi connectivity index (χ2v) is 5.52. The number of alkyl halides is 5. The van der Waals surface area contributed by atoms with Gasteiger partial charge in [-0.1, -0.05) is 38.1 Å². The third-order valence-corrected chi connectivity index (χ3v) is 3.90. The second-order valence-electron chi connectivity index (χ2n) is 5.52. The summed E-state index contributed by atoms with van der Waals surface area (Å²) in [6, 6.07) is 4.15. The van der Waals surface area contributed by atoms with E-state index in [-0.39, 0.29) is 17.4 Å². The summed E-state index contributed by atoms with van der Waals surface area (Å²) in [6.07, 6.45) is -5.58. The Morgan fingerprint density at radius 3 is 1.74 bits per heavy atom. The third-order valence-electron chi connectivity index (χ3n) is 3.90. The molecule has 1 aromatic carbocycles. The van der Waals surface area contributed by atoms with E-state index in [9.17, 15) is 22.0 Å². The van der Waals surface area contributed by atoms with Crippen LogP contribution in [0, 0.1) is 5.41 Å². The molecule has 0 heterocycles.